The number of likely N-dealkylation sites (tertiary alicyclic amines) is 1. The van der Waals surface area contributed by atoms with Crippen molar-refractivity contribution in [3.8, 4) is 0 Å². The lowest BCUT2D eigenvalue weighted by atomic mass is 9.85. The van der Waals surface area contributed by atoms with Crippen molar-refractivity contribution in [2.24, 2.45) is 5.92 Å². The van der Waals surface area contributed by atoms with Crippen molar-refractivity contribution in [2.75, 3.05) is 6.54 Å². The summed E-state index contributed by atoms with van der Waals surface area (Å²) in [7, 11) is -4.39. The van der Waals surface area contributed by atoms with Gasteiger partial charge in [-0.25, -0.2) is 8.42 Å². The number of amides is 2. The van der Waals surface area contributed by atoms with Crippen LogP contribution in [0, 0.1) is 5.92 Å². The second kappa shape index (κ2) is 8.20. The molecule has 0 spiro atoms. The minimum atomic E-state index is -4.71. The van der Waals surface area contributed by atoms with Crippen LogP contribution >= 0.6 is 0 Å². The number of hydrogen-bond donors (Lipinski definition) is 1. The first-order valence-electron chi connectivity index (χ1n) is 9.93. The van der Waals surface area contributed by atoms with Gasteiger partial charge in [0.15, 0.2) is 0 Å². The molecule has 1 atom stereocenters. The zero-order valence-electron chi connectivity index (χ0n) is 16.7. The number of alkyl halides is 3. The third kappa shape index (κ3) is 4.79. The van der Waals surface area contributed by atoms with Crippen LogP contribution in [0.5, 0.6) is 0 Å². The van der Waals surface area contributed by atoms with Crippen molar-refractivity contribution in [2.45, 2.75) is 62.9 Å². The minimum Gasteiger partial charge on any atom is -0.328 e. The van der Waals surface area contributed by atoms with Gasteiger partial charge in [0.05, 0.1) is 11.3 Å². The van der Waals surface area contributed by atoms with Crippen LogP contribution in [0.3, 0.4) is 0 Å². The van der Waals surface area contributed by atoms with Crippen LogP contribution in [-0.4, -0.2) is 37.2 Å². The van der Waals surface area contributed by atoms with Crippen molar-refractivity contribution in [3.63, 3.8) is 0 Å². The van der Waals surface area contributed by atoms with Crippen LogP contribution in [0.15, 0.2) is 24.3 Å². The van der Waals surface area contributed by atoms with Gasteiger partial charge in [-0.1, -0.05) is 31.0 Å². The van der Waals surface area contributed by atoms with E-state index in [0.717, 1.165) is 37.8 Å². The molecule has 166 valence electrons. The predicted octanol–water partition coefficient (Wildman–Crippen LogP) is 3.22. The summed E-state index contributed by atoms with van der Waals surface area (Å²) in [6.45, 7) is 1.84. The Morgan fingerprint density at radius 3 is 2.40 bits per heavy atom. The Balaban J connectivity index is 1.68. The van der Waals surface area contributed by atoms with Crippen LogP contribution < -0.4 is 4.72 Å². The van der Waals surface area contributed by atoms with Crippen molar-refractivity contribution in [3.05, 3.63) is 35.4 Å². The number of carbonyl (C=O) groups excluding carboxylic acids is 2. The Bertz CT molecular complexity index is 926. The Morgan fingerprint density at radius 1 is 1.20 bits per heavy atom. The maximum Gasteiger partial charge on any atom is 0.416 e. The van der Waals surface area contributed by atoms with Crippen LogP contribution in [-0.2, 0) is 31.5 Å². The molecular weight excluding hydrogens is 421 g/mol. The summed E-state index contributed by atoms with van der Waals surface area (Å²) < 4.78 is 66.1. The molecule has 10 heteroatoms. The van der Waals surface area contributed by atoms with E-state index < -0.39 is 44.5 Å². The molecule has 1 aliphatic heterocycles. The number of hydrogen-bond acceptors (Lipinski definition) is 4. The second-order valence-corrected chi connectivity index (χ2v) is 9.99. The number of sulfonamides is 1. The van der Waals surface area contributed by atoms with Gasteiger partial charge in [0.25, 0.3) is 5.91 Å². The standard InChI is InChI=1S/C20H25F3N2O4S/c1-19(10-11-25(19)17(26)12-14-6-2-3-7-14)18(27)24-30(28,29)13-15-8-4-5-9-16(15)20(21,22)23/h4-5,8-9,14H,2-3,6-7,10-13H2,1H3,(H,24,27). The fourth-order valence-electron chi connectivity index (χ4n) is 4.18. The SMILES string of the molecule is CC1(C(=O)NS(=O)(=O)Cc2ccccc2C(F)(F)F)CCN1C(=O)CC1CCCC1. The monoisotopic (exact) mass is 446 g/mol. The number of nitrogens with one attached hydrogen (secondary N) is 1. The Labute approximate surface area is 173 Å². The van der Waals surface area contributed by atoms with Gasteiger partial charge in [0, 0.05) is 13.0 Å². The number of carbonyl (C=O) groups is 2. The van der Waals surface area contributed by atoms with Gasteiger partial charge in [0.1, 0.15) is 5.54 Å². The van der Waals surface area contributed by atoms with E-state index in [1.165, 1.54) is 24.0 Å². The van der Waals surface area contributed by atoms with E-state index in [-0.39, 0.29) is 11.8 Å². The highest BCUT2D eigenvalue weighted by Gasteiger charge is 2.50. The third-order valence-electron chi connectivity index (χ3n) is 6.06. The molecule has 1 unspecified atom stereocenters. The van der Waals surface area contributed by atoms with Gasteiger partial charge in [-0.15, -0.1) is 0 Å². The van der Waals surface area contributed by atoms with E-state index >= 15 is 0 Å². The molecule has 2 amide bonds. The van der Waals surface area contributed by atoms with Crippen LogP contribution in [0.25, 0.3) is 0 Å². The molecule has 3 rings (SSSR count). The maximum atomic E-state index is 13.1. The molecule has 1 N–H and O–H groups in total. The molecule has 2 aliphatic rings. The molecule has 30 heavy (non-hydrogen) atoms. The van der Waals surface area contributed by atoms with Gasteiger partial charge >= 0.3 is 6.18 Å². The topological polar surface area (TPSA) is 83.6 Å². The average Bonchev–Trinajstić information content (AvgIpc) is 3.11. The van der Waals surface area contributed by atoms with E-state index in [1.54, 1.807) is 0 Å². The molecule has 1 saturated carbocycles. The Hall–Kier alpha value is -2.10. The molecule has 6 nitrogen and oxygen atoms in total. The number of rotatable bonds is 6. The predicted molar refractivity (Wildman–Crippen MR) is 104 cm³/mol. The first kappa shape index (κ1) is 22.6. The zero-order chi connectivity index (χ0) is 22.2. The van der Waals surface area contributed by atoms with Crippen molar-refractivity contribution >= 4 is 21.8 Å². The first-order chi connectivity index (χ1) is 13.9. The lowest BCUT2D eigenvalue weighted by Crippen LogP contribution is -2.68. The highest BCUT2D eigenvalue weighted by Crippen LogP contribution is 2.35. The molecule has 0 bridgehead atoms. The number of nitrogens with zero attached hydrogens (tertiary/aromatic N) is 1. The van der Waals surface area contributed by atoms with E-state index in [9.17, 15) is 31.2 Å². The molecule has 2 fully saturated rings. The highest BCUT2D eigenvalue weighted by molar-refractivity contribution is 7.89. The average molecular weight is 446 g/mol. The Morgan fingerprint density at radius 2 is 1.83 bits per heavy atom. The molecule has 1 aliphatic carbocycles. The quantitative estimate of drug-likeness (QED) is 0.727. The van der Waals surface area contributed by atoms with E-state index in [2.05, 4.69) is 0 Å². The van der Waals surface area contributed by atoms with Crippen molar-refractivity contribution in [1.82, 2.24) is 9.62 Å². The summed E-state index contributed by atoms with van der Waals surface area (Å²) >= 11 is 0. The molecule has 0 radical (unpaired) electrons. The van der Waals surface area contributed by atoms with Crippen LogP contribution in [0.1, 0.15) is 56.6 Å². The molecule has 1 aromatic rings. The number of halogens is 3. The molecule has 1 saturated heterocycles. The van der Waals surface area contributed by atoms with E-state index in [0.29, 0.717) is 19.4 Å². The first-order valence-corrected chi connectivity index (χ1v) is 11.6. The zero-order valence-corrected chi connectivity index (χ0v) is 17.5. The van der Waals surface area contributed by atoms with Gasteiger partial charge in [0.2, 0.25) is 15.9 Å². The maximum absolute atomic E-state index is 13.1. The van der Waals surface area contributed by atoms with Crippen LogP contribution in [0.4, 0.5) is 13.2 Å². The fourth-order valence-corrected chi connectivity index (χ4v) is 5.42. The van der Waals surface area contributed by atoms with Gasteiger partial charge in [-0.2, -0.15) is 13.2 Å². The smallest absolute Gasteiger partial charge is 0.328 e. The molecule has 1 aromatic carbocycles. The van der Waals surface area contributed by atoms with Gasteiger partial charge < -0.3 is 4.90 Å². The summed E-state index contributed by atoms with van der Waals surface area (Å²) in [6, 6.07) is 4.33. The summed E-state index contributed by atoms with van der Waals surface area (Å²) in [4.78, 5) is 26.6. The van der Waals surface area contributed by atoms with Gasteiger partial charge in [-0.3, -0.25) is 14.3 Å². The summed E-state index contributed by atoms with van der Waals surface area (Å²) in [6.07, 6.45) is 0.00364. The lowest BCUT2D eigenvalue weighted by Gasteiger charge is -2.49. The van der Waals surface area contributed by atoms with E-state index in [4.69, 9.17) is 0 Å². The van der Waals surface area contributed by atoms with Gasteiger partial charge in [-0.05, 0) is 43.7 Å². The van der Waals surface area contributed by atoms with Crippen LogP contribution in [0.2, 0.25) is 0 Å². The molecular formula is C20H25F3N2O4S. The largest absolute Gasteiger partial charge is 0.416 e. The molecule has 1 heterocycles. The minimum absolute atomic E-state index is 0.189. The van der Waals surface area contributed by atoms with Crippen molar-refractivity contribution in [1.29, 1.82) is 0 Å². The summed E-state index contributed by atoms with van der Waals surface area (Å²) in [5.41, 5.74) is -2.82. The summed E-state index contributed by atoms with van der Waals surface area (Å²) in [5, 5.41) is 0. The molecule has 0 aromatic heterocycles. The fraction of sp³-hybridized carbons (Fsp3) is 0.600. The lowest BCUT2D eigenvalue weighted by molar-refractivity contribution is -0.157. The second-order valence-electron chi connectivity index (χ2n) is 8.27. The Kier molecular flexibility index (Phi) is 6.18. The van der Waals surface area contributed by atoms with Crippen molar-refractivity contribution < 1.29 is 31.2 Å². The normalized spacial score (nSPS) is 22.6. The number of benzene rings is 1. The summed E-state index contributed by atoms with van der Waals surface area (Å²) in [5.74, 6) is -1.78. The van der Waals surface area contributed by atoms with E-state index in [1.807, 2.05) is 4.72 Å². The third-order valence-corrected chi connectivity index (χ3v) is 7.25. The highest BCUT2D eigenvalue weighted by atomic mass is 32.2.